The first kappa shape index (κ1) is 22.3. The molecular formula is C21H21ClN4O5S. The maximum absolute atomic E-state index is 13.2. The van der Waals surface area contributed by atoms with Gasteiger partial charge >= 0.3 is 5.76 Å². The van der Waals surface area contributed by atoms with Crippen molar-refractivity contribution in [2.24, 2.45) is 0 Å². The Labute approximate surface area is 189 Å². The van der Waals surface area contributed by atoms with E-state index in [4.69, 9.17) is 11.6 Å². The molecule has 0 aliphatic carbocycles. The molecule has 1 aromatic heterocycles. The standard InChI is InChI=1S/C21H21ClN4O5S/c22-17-9-8-15(13-18(17)32(29,30)26-10-3-1-2-4-11-26)20(27)23-16-7-5-6-14(12-16)19-24-21(28)31-25-19/h5-9,12-13H,1-4,10-11H2,(H,23,27)(H,24,25,28). The van der Waals surface area contributed by atoms with E-state index in [1.807, 2.05) is 0 Å². The van der Waals surface area contributed by atoms with Crippen LogP contribution in [0.25, 0.3) is 11.4 Å². The number of halogens is 1. The van der Waals surface area contributed by atoms with E-state index in [-0.39, 0.29) is 21.3 Å². The van der Waals surface area contributed by atoms with Crippen LogP contribution in [0.3, 0.4) is 0 Å². The minimum atomic E-state index is -3.82. The molecule has 0 saturated carbocycles. The van der Waals surface area contributed by atoms with Gasteiger partial charge in [0.2, 0.25) is 10.0 Å². The summed E-state index contributed by atoms with van der Waals surface area (Å²) in [6.07, 6.45) is 3.57. The van der Waals surface area contributed by atoms with Crippen LogP contribution in [0.1, 0.15) is 36.0 Å². The number of aromatic nitrogens is 2. The first-order chi connectivity index (χ1) is 15.3. The summed E-state index contributed by atoms with van der Waals surface area (Å²) in [4.78, 5) is 26.4. The average Bonchev–Trinajstić information content (AvgIpc) is 3.02. The molecule has 0 unspecified atom stereocenters. The summed E-state index contributed by atoms with van der Waals surface area (Å²) in [6, 6.07) is 10.8. The van der Waals surface area contributed by atoms with Crippen LogP contribution in [0.4, 0.5) is 5.69 Å². The van der Waals surface area contributed by atoms with Gasteiger partial charge in [0.1, 0.15) is 4.90 Å². The van der Waals surface area contributed by atoms with Crippen molar-refractivity contribution in [2.75, 3.05) is 18.4 Å². The highest BCUT2D eigenvalue weighted by atomic mass is 35.5. The Morgan fingerprint density at radius 1 is 1.09 bits per heavy atom. The van der Waals surface area contributed by atoms with Crippen LogP contribution in [0.15, 0.2) is 56.7 Å². The Morgan fingerprint density at radius 2 is 1.84 bits per heavy atom. The Kier molecular flexibility index (Phi) is 6.45. The molecule has 0 atom stereocenters. The number of H-pyrrole nitrogens is 1. The minimum absolute atomic E-state index is 0.0720. The predicted octanol–water partition coefficient (Wildman–Crippen LogP) is 3.50. The fourth-order valence-corrected chi connectivity index (χ4v) is 5.58. The van der Waals surface area contributed by atoms with Crippen LogP contribution in [0, 0.1) is 0 Å². The molecule has 0 spiro atoms. The number of hydrogen-bond acceptors (Lipinski definition) is 6. The third-order valence-corrected chi connectivity index (χ3v) is 7.59. The molecule has 11 heteroatoms. The van der Waals surface area contributed by atoms with Crippen LogP contribution >= 0.6 is 11.6 Å². The van der Waals surface area contributed by atoms with Gasteiger partial charge in [-0.15, -0.1) is 0 Å². The summed E-state index contributed by atoms with van der Waals surface area (Å²) in [7, 11) is -3.82. The number of sulfonamides is 1. The number of rotatable bonds is 5. The molecule has 1 amide bonds. The number of aromatic amines is 1. The summed E-state index contributed by atoms with van der Waals surface area (Å²) < 4.78 is 32.3. The van der Waals surface area contributed by atoms with E-state index in [1.54, 1.807) is 24.3 Å². The van der Waals surface area contributed by atoms with E-state index in [9.17, 15) is 18.0 Å². The molecule has 2 aromatic carbocycles. The highest BCUT2D eigenvalue weighted by Gasteiger charge is 2.28. The van der Waals surface area contributed by atoms with Crippen LogP contribution in [0.5, 0.6) is 0 Å². The molecule has 1 aliphatic heterocycles. The van der Waals surface area contributed by atoms with Crippen molar-refractivity contribution in [3.63, 3.8) is 0 Å². The highest BCUT2D eigenvalue weighted by Crippen LogP contribution is 2.28. The fraction of sp³-hybridized carbons (Fsp3) is 0.286. The zero-order valence-electron chi connectivity index (χ0n) is 17.0. The van der Waals surface area contributed by atoms with E-state index < -0.39 is 21.7 Å². The van der Waals surface area contributed by atoms with Crippen molar-refractivity contribution in [3.8, 4) is 11.4 Å². The van der Waals surface area contributed by atoms with Crippen molar-refractivity contribution < 1.29 is 17.7 Å². The molecule has 9 nitrogen and oxygen atoms in total. The summed E-state index contributed by atoms with van der Waals surface area (Å²) in [6.45, 7) is 0.873. The number of amides is 1. The Hall–Kier alpha value is -2.95. The van der Waals surface area contributed by atoms with Gasteiger partial charge in [0, 0.05) is 29.9 Å². The van der Waals surface area contributed by atoms with Crippen molar-refractivity contribution in [1.29, 1.82) is 0 Å². The lowest BCUT2D eigenvalue weighted by molar-refractivity contribution is 0.102. The number of nitrogens with zero attached hydrogens (tertiary/aromatic N) is 2. The Balaban J connectivity index is 1.58. The highest BCUT2D eigenvalue weighted by molar-refractivity contribution is 7.89. The lowest BCUT2D eigenvalue weighted by atomic mass is 10.1. The van der Waals surface area contributed by atoms with Gasteiger partial charge in [0.15, 0.2) is 5.82 Å². The summed E-state index contributed by atoms with van der Waals surface area (Å²) >= 11 is 6.21. The quantitative estimate of drug-likeness (QED) is 0.580. The zero-order valence-corrected chi connectivity index (χ0v) is 18.6. The smallest absolute Gasteiger partial charge is 0.322 e. The second-order valence-electron chi connectivity index (χ2n) is 7.44. The van der Waals surface area contributed by atoms with Gasteiger partial charge in [-0.05, 0) is 43.2 Å². The third-order valence-electron chi connectivity index (χ3n) is 5.21. The summed E-state index contributed by atoms with van der Waals surface area (Å²) in [5, 5.41) is 6.42. The van der Waals surface area contributed by atoms with E-state index in [0.29, 0.717) is 24.3 Å². The average molecular weight is 477 g/mol. The van der Waals surface area contributed by atoms with E-state index in [0.717, 1.165) is 25.7 Å². The summed E-state index contributed by atoms with van der Waals surface area (Å²) in [5.74, 6) is -0.961. The van der Waals surface area contributed by atoms with Crippen LogP contribution in [-0.2, 0) is 10.0 Å². The lowest BCUT2D eigenvalue weighted by Gasteiger charge is -2.21. The molecule has 3 aromatic rings. The molecule has 1 saturated heterocycles. The van der Waals surface area contributed by atoms with Gasteiger partial charge in [-0.3, -0.25) is 14.3 Å². The second-order valence-corrected chi connectivity index (χ2v) is 9.76. The molecule has 2 heterocycles. The van der Waals surface area contributed by atoms with Gasteiger partial charge in [-0.25, -0.2) is 13.2 Å². The topological polar surface area (TPSA) is 125 Å². The fourth-order valence-electron chi connectivity index (χ4n) is 3.57. The summed E-state index contributed by atoms with van der Waals surface area (Å²) in [5.41, 5.74) is 1.13. The number of hydrogen-bond donors (Lipinski definition) is 2. The van der Waals surface area contributed by atoms with Crippen LogP contribution < -0.4 is 11.1 Å². The van der Waals surface area contributed by atoms with Crippen molar-refractivity contribution in [1.82, 2.24) is 14.4 Å². The SMILES string of the molecule is O=C(Nc1cccc(-c2noc(=O)[nH]2)c1)c1ccc(Cl)c(S(=O)(=O)N2CCCCCC2)c1. The first-order valence-corrected chi connectivity index (χ1v) is 11.9. The number of benzene rings is 2. The first-order valence-electron chi connectivity index (χ1n) is 10.1. The normalized spacial score (nSPS) is 15.3. The minimum Gasteiger partial charge on any atom is -0.322 e. The molecule has 32 heavy (non-hydrogen) atoms. The largest absolute Gasteiger partial charge is 0.439 e. The molecular weight excluding hydrogens is 456 g/mol. The predicted molar refractivity (Wildman–Crippen MR) is 119 cm³/mol. The van der Waals surface area contributed by atoms with E-state index in [1.165, 1.54) is 22.5 Å². The van der Waals surface area contributed by atoms with Gasteiger partial charge in [0.25, 0.3) is 5.91 Å². The molecule has 2 N–H and O–H groups in total. The Bertz CT molecular complexity index is 1290. The molecule has 0 radical (unpaired) electrons. The van der Waals surface area contributed by atoms with Gasteiger partial charge in [-0.1, -0.05) is 41.7 Å². The molecule has 0 bridgehead atoms. The molecule has 1 fully saturated rings. The van der Waals surface area contributed by atoms with Crippen LogP contribution in [-0.4, -0.2) is 41.9 Å². The van der Waals surface area contributed by atoms with Crippen LogP contribution in [0.2, 0.25) is 5.02 Å². The lowest BCUT2D eigenvalue weighted by Crippen LogP contribution is -2.32. The van der Waals surface area contributed by atoms with Gasteiger partial charge < -0.3 is 5.32 Å². The number of carbonyl (C=O) groups excluding carboxylic acids is 1. The third kappa shape index (κ3) is 4.77. The molecule has 4 rings (SSSR count). The maximum atomic E-state index is 13.2. The molecule has 168 valence electrons. The van der Waals surface area contributed by atoms with Crippen molar-refractivity contribution in [3.05, 3.63) is 63.6 Å². The van der Waals surface area contributed by atoms with E-state index >= 15 is 0 Å². The maximum Gasteiger partial charge on any atom is 0.439 e. The monoisotopic (exact) mass is 476 g/mol. The van der Waals surface area contributed by atoms with Gasteiger partial charge in [0.05, 0.1) is 5.02 Å². The number of anilines is 1. The number of nitrogens with one attached hydrogen (secondary N) is 2. The van der Waals surface area contributed by atoms with Gasteiger partial charge in [-0.2, -0.15) is 4.31 Å². The number of carbonyl (C=O) groups is 1. The Morgan fingerprint density at radius 3 is 2.53 bits per heavy atom. The second kappa shape index (κ2) is 9.27. The van der Waals surface area contributed by atoms with Crippen molar-refractivity contribution >= 4 is 33.2 Å². The molecule has 1 aliphatic rings. The van der Waals surface area contributed by atoms with E-state index in [2.05, 4.69) is 20.0 Å². The van der Waals surface area contributed by atoms with Crippen molar-refractivity contribution in [2.45, 2.75) is 30.6 Å². The zero-order chi connectivity index (χ0) is 22.7.